The zero-order valence-corrected chi connectivity index (χ0v) is 18.4. The van der Waals surface area contributed by atoms with Gasteiger partial charge in [0.2, 0.25) is 11.8 Å². The molecule has 0 saturated carbocycles. The van der Waals surface area contributed by atoms with Gasteiger partial charge in [0.1, 0.15) is 5.01 Å². The molecule has 3 aromatic rings. The Balaban J connectivity index is 1.28. The SMILES string of the molecule is O=C1C[C@H](C(=O)N2CCCC[C@@H]2c2nc3ccccc3s2)CN1CCc1ccccc1. The van der Waals surface area contributed by atoms with Crippen molar-refractivity contribution >= 4 is 33.4 Å². The van der Waals surface area contributed by atoms with Crippen LogP contribution in [-0.4, -0.2) is 46.2 Å². The maximum absolute atomic E-state index is 13.5. The molecule has 0 spiro atoms. The summed E-state index contributed by atoms with van der Waals surface area (Å²) in [7, 11) is 0. The Morgan fingerprint density at radius 1 is 1.06 bits per heavy atom. The van der Waals surface area contributed by atoms with E-state index in [0.29, 0.717) is 19.5 Å². The number of carbonyl (C=O) groups excluding carboxylic acids is 2. The largest absolute Gasteiger partial charge is 0.342 e. The normalized spacial score (nSPS) is 21.7. The highest BCUT2D eigenvalue weighted by atomic mass is 32.1. The van der Waals surface area contributed by atoms with Crippen molar-refractivity contribution in [1.29, 1.82) is 0 Å². The van der Waals surface area contributed by atoms with Gasteiger partial charge in [-0.25, -0.2) is 4.98 Å². The van der Waals surface area contributed by atoms with Gasteiger partial charge in [0.15, 0.2) is 0 Å². The molecule has 0 N–H and O–H groups in total. The second-order valence-electron chi connectivity index (χ2n) is 8.54. The minimum Gasteiger partial charge on any atom is -0.342 e. The van der Waals surface area contributed by atoms with Crippen LogP contribution in [0.4, 0.5) is 0 Å². The zero-order chi connectivity index (χ0) is 21.2. The quantitative estimate of drug-likeness (QED) is 0.598. The fourth-order valence-electron chi connectivity index (χ4n) is 4.78. The molecule has 5 nitrogen and oxygen atoms in total. The van der Waals surface area contributed by atoms with Crippen molar-refractivity contribution in [2.75, 3.05) is 19.6 Å². The molecule has 0 radical (unpaired) electrons. The Morgan fingerprint density at radius 3 is 2.71 bits per heavy atom. The van der Waals surface area contributed by atoms with Gasteiger partial charge in [0.25, 0.3) is 0 Å². The molecule has 0 unspecified atom stereocenters. The number of piperidine rings is 1. The molecule has 2 saturated heterocycles. The van der Waals surface area contributed by atoms with Gasteiger partial charge in [-0.15, -0.1) is 11.3 Å². The van der Waals surface area contributed by atoms with Crippen LogP contribution in [-0.2, 0) is 16.0 Å². The Morgan fingerprint density at radius 2 is 1.87 bits per heavy atom. The predicted molar refractivity (Wildman–Crippen MR) is 123 cm³/mol. The first-order valence-electron chi connectivity index (χ1n) is 11.2. The number of hydrogen-bond donors (Lipinski definition) is 0. The third kappa shape index (κ3) is 4.22. The molecule has 160 valence electrons. The van der Waals surface area contributed by atoms with Gasteiger partial charge in [0.05, 0.1) is 22.2 Å². The molecule has 0 bridgehead atoms. The van der Waals surface area contributed by atoms with Gasteiger partial charge in [0, 0.05) is 26.1 Å². The van der Waals surface area contributed by atoms with Crippen LogP contribution in [0.1, 0.15) is 42.3 Å². The number of hydrogen-bond acceptors (Lipinski definition) is 4. The molecule has 31 heavy (non-hydrogen) atoms. The zero-order valence-electron chi connectivity index (χ0n) is 17.6. The summed E-state index contributed by atoms with van der Waals surface area (Å²) in [6, 6.07) is 18.4. The van der Waals surface area contributed by atoms with Gasteiger partial charge >= 0.3 is 0 Å². The Bertz CT molecular complexity index is 1050. The van der Waals surface area contributed by atoms with Gasteiger partial charge in [-0.3, -0.25) is 9.59 Å². The molecule has 2 amide bonds. The fraction of sp³-hybridized carbons (Fsp3) is 0.400. The Hall–Kier alpha value is -2.73. The first-order valence-corrected chi connectivity index (χ1v) is 12.0. The van der Waals surface area contributed by atoms with Crippen molar-refractivity contribution in [3.63, 3.8) is 0 Å². The third-order valence-corrected chi connectivity index (χ3v) is 7.60. The maximum Gasteiger partial charge on any atom is 0.228 e. The maximum atomic E-state index is 13.5. The minimum absolute atomic E-state index is 0.0344. The molecule has 0 aliphatic carbocycles. The Kier molecular flexibility index (Phi) is 5.72. The number of carbonyl (C=O) groups is 2. The number of rotatable bonds is 5. The molecule has 6 heteroatoms. The number of thiazole rings is 1. The summed E-state index contributed by atoms with van der Waals surface area (Å²) in [5.41, 5.74) is 2.22. The lowest BCUT2D eigenvalue weighted by Crippen LogP contribution is -2.42. The van der Waals surface area contributed by atoms with E-state index in [1.165, 1.54) is 10.3 Å². The first kappa shape index (κ1) is 20.2. The number of likely N-dealkylation sites (tertiary alicyclic amines) is 2. The van der Waals surface area contributed by atoms with E-state index in [4.69, 9.17) is 4.98 Å². The van der Waals surface area contributed by atoms with Crippen LogP contribution >= 0.6 is 11.3 Å². The van der Waals surface area contributed by atoms with Gasteiger partial charge in [-0.2, -0.15) is 0 Å². The lowest BCUT2D eigenvalue weighted by Gasteiger charge is -2.36. The van der Waals surface area contributed by atoms with Crippen molar-refractivity contribution in [2.24, 2.45) is 5.92 Å². The van der Waals surface area contributed by atoms with Crippen LogP contribution in [0.15, 0.2) is 54.6 Å². The highest BCUT2D eigenvalue weighted by molar-refractivity contribution is 7.18. The van der Waals surface area contributed by atoms with E-state index < -0.39 is 0 Å². The molecule has 5 rings (SSSR count). The first-order chi connectivity index (χ1) is 15.2. The summed E-state index contributed by atoms with van der Waals surface area (Å²) < 4.78 is 1.17. The second-order valence-corrected chi connectivity index (χ2v) is 9.60. The van der Waals surface area contributed by atoms with Crippen LogP contribution in [0.5, 0.6) is 0 Å². The summed E-state index contributed by atoms with van der Waals surface area (Å²) in [4.78, 5) is 34.8. The monoisotopic (exact) mass is 433 g/mol. The highest BCUT2D eigenvalue weighted by Crippen LogP contribution is 2.37. The van der Waals surface area contributed by atoms with Crippen molar-refractivity contribution < 1.29 is 9.59 Å². The molecule has 2 aliphatic rings. The molecular formula is C25H27N3O2S. The topological polar surface area (TPSA) is 53.5 Å². The molecule has 3 heterocycles. The standard InChI is InChI=1S/C25H27N3O2S/c29-23-16-19(17-27(23)15-13-18-8-2-1-3-9-18)25(30)28-14-7-6-11-21(28)24-26-20-10-4-5-12-22(20)31-24/h1-5,8-10,12,19,21H,6-7,11,13-17H2/t19-,21+/m0/s1. The summed E-state index contributed by atoms with van der Waals surface area (Å²) in [6.07, 6.45) is 4.23. The van der Waals surface area contributed by atoms with E-state index in [1.807, 2.05) is 46.2 Å². The van der Waals surface area contributed by atoms with E-state index in [0.717, 1.165) is 42.8 Å². The molecule has 2 fully saturated rings. The van der Waals surface area contributed by atoms with E-state index in [2.05, 4.69) is 18.2 Å². The average Bonchev–Trinajstić information content (AvgIpc) is 3.41. The van der Waals surface area contributed by atoms with Crippen LogP contribution in [0.3, 0.4) is 0 Å². The summed E-state index contributed by atoms with van der Waals surface area (Å²) in [5, 5.41) is 1.03. The van der Waals surface area contributed by atoms with E-state index in [1.54, 1.807) is 11.3 Å². The van der Waals surface area contributed by atoms with Crippen molar-refractivity contribution in [2.45, 2.75) is 38.1 Å². The van der Waals surface area contributed by atoms with E-state index in [-0.39, 0.29) is 23.8 Å². The molecule has 2 aliphatic heterocycles. The fourth-order valence-corrected chi connectivity index (χ4v) is 5.90. The van der Waals surface area contributed by atoms with Crippen molar-refractivity contribution in [3.8, 4) is 0 Å². The third-order valence-electron chi connectivity index (χ3n) is 6.46. The number of aromatic nitrogens is 1. The van der Waals surface area contributed by atoms with Crippen molar-refractivity contribution in [3.05, 3.63) is 65.2 Å². The Labute approximate surface area is 186 Å². The van der Waals surface area contributed by atoms with Crippen LogP contribution in [0, 0.1) is 5.92 Å². The summed E-state index contributed by atoms with van der Waals surface area (Å²) in [5.74, 6) is -0.0133. The lowest BCUT2D eigenvalue weighted by molar-refractivity contribution is -0.139. The van der Waals surface area contributed by atoms with Crippen LogP contribution in [0.25, 0.3) is 10.2 Å². The summed E-state index contributed by atoms with van der Waals surface area (Å²) in [6.45, 7) is 1.97. The highest BCUT2D eigenvalue weighted by Gasteiger charge is 2.39. The second kappa shape index (κ2) is 8.79. The van der Waals surface area contributed by atoms with E-state index in [9.17, 15) is 9.59 Å². The van der Waals surface area contributed by atoms with Gasteiger partial charge < -0.3 is 9.80 Å². The number of fused-ring (bicyclic) bond motifs is 1. The molecular weight excluding hydrogens is 406 g/mol. The minimum atomic E-state index is -0.238. The number of amides is 2. The van der Waals surface area contributed by atoms with Gasteiger partial charge in [-0.05, 0) is 43.4 Å². The number of para-hydroxylation sites is 1. The number of nitrogens with zero attached hydrogens (tertiary/aromatic N) is 3. The predicted octanol–water partition coefficient (Wildman–Crippen LogP) is 4.44. The smallest absolute Gasteiger partial charge is 0.228 e. The van der Waals surface area contributed by atoms with Crippen LogP contribution < -0.4 is 0 Å². The van der Waals surface area contributed by atoms with Crippen molar-refractivity contribution in [1.82, 2.24) is 14.8 Å². The molecule has 2 atom stereocenters. The number of benzene rings is 2. The lowest BCUT2D eigenvalue weighted by atomic mass is 9.99. The van der Waals surface area contributed by atoms with Crippen LogP contribution in [0.2, 0.25) is 0 Å². The molecule has 2 aromatic carbocycles. The average molecular weight is 434 g/mol. The summed E-state index contributed by atoms with van der Waals surface area (Å²) >= 11 is 1.69. The van der Waals surface area contributed by atoms with Gasteiger partial charge in [-0.1, -0.05) is 42.5 Å². The van der Waals surface area contributed by atoms with E-state index >= 15 is 0 Å². The molecule has 1 aromatic heterocycles.